The molecule has 1 heterocycles. The third kappa shape index (κ3) is 3.22. The van der Waals surface area contributed by atoms with Gasteiger partial charge < -0.3 is 5.73 Å². The van der Waals surface area contributed by atoms with Crippen molar-refractivity contribution >= 4 is 27.0 Å². The second-order valence-corrected chi connectivity index (χ2v) is 8.11. The second kappa shape index (κ2) is 5.70. The standard InChI is InChI=1S/C13H16FN3O2S2/c1-8-4-11(5-12(15)13(8)14)21(18,19)17(3)7-10-6-16-9(2)20-10/h4-6H,7,15H2,1-3H3. The molecule has 5 nitrogen and oxygen atoms in total. The number of nitrogen functional groups attached to an aromatic ring is 1. The summed E-state index contributed by atoms with van der Waals surface area (Å²) in [6.07, 6.45) is 1.65. The molecule has 1 aromatic heterocycles. The predicted molar refractivity (Wildman–Crippen MR) is 81.1 cm³/mol. The molecule has 0 amide bonds. The van der Waals surface area contributed by atoms with Crippen molar-refractivity contribution in [3.05, 3.63) is 39.6 Å². The number of halogens is 1. The first kappa shape index (κ1) is 15.9. The first-order valence-electron chi connectivity index (χ1n) is 6.15. The normalized spacial score (nSPS) is 12.0. The van der Waals surface area contributed by atoms with Gasteiger partial charge in [0.05, 0.1) is 15.6 Å². The van der Waals surface area contributed by atoms with E-state index in [0.717, 1.165) is 16.0 Å². The highest BCUT2D eigenvalue weighted by Crippen LogP contribution is 2.24. The van der Waals surface area contributed by atoms with Crippen LogP contribution in [-0.2, 0) is 16.6 Å². The van der Waals surface area contributed by atoms with Crippen molar-refractivity contribution < 1.29 is 12.8 Å². The maximum Gasteiger partial charge on any atom is 0.243 e. The minimum Gasteiger partial charge on any atom is -0.396 e. The average Bonchev–Trinajstić information content (AvgIpc) is 2.80. The maximum absolute atomic E-state index is 13.5. The van der Waals surface area contributed by atoms with Gasteiger partial charge in [-0.3, -0.25) is 0 Å². The first-order valence-corrected chi connectivity index (χ1v) is 8.40. The minimum atomic E-state index is -3.72. The summed E-state index contributed by atoms with van der Waals surface area (Å²) in [6.45, 7) is 3.55. The van der Waals surface area contributed by atoms with E-state index in [-0.39, 0.29) is 22.7 Å². The van der Waals surface area contributed by atoms with E-state index in [1.165, 1.54) is 35.7 Å². The summed E-state index contributed by atoms with van der Waals surface area (Å²) >= 11 is 1.43. The second-order valence-electron chi connectivity index (χ2n) is 4.75. The van der Waals surface area contributed by atoms with Crippen LogP contribution in [0.5, 0.6) is 0 Å². The molecule has 0 unspecified atom stereocenters. The first-order chi connectivity index (χ1) is 9.71. The number of nitrogens with zero attached hydrogens (tertiary/aromatic N) is 2. The number of aryl methyl sites for hydroxylation is 2. The molecular formula is C13H16FN3O2S2. The molecule has 0 saturated heterocycles. The summed E-state index contributed by atoms with van der Waals surface area (Å²) in [5, 5.41) is 0.873. The minimum absolute atomic E-state index is 0.0114. The van der Waals surface area contributed by atoms with Crippen LogP contribution in [0.4, 0.5) is 10.1 Å². The lowest BCUT2D eigenvalue weighted by molar-refractivity contribution is 0.469. The van der Waals surface area contributed by atoms with Crippen LogP contribution in [0.1, 0.15) is 15.4 Å². The lowest BCUT2D eigenvalue weighted by atomic mass is 10.2. The summed E-state index contributed by atoms with van der Waals surface area (Å²) in [5.74, 6) is -0.588. The molecule has 0 radical (unpaired) electrons. The Balaban J connectivity index is 2.33. The fourth-order valence-electron chi connectivity index (χ4n) is 1.87. The fraction of sp³-hybridized carbons (Fsp3) is 0.308. The van der Waals surface area contributed by atoms with Crippen LogP contribution < -0.4 is 5.73 Å². The average molecular weight is 329 g/mol. The molecule has 2 N–H and O–H groups in total. The van der Waals surface area contributed by atoms with Crippen LogP contribution in [0.3, 0.4) is 0 Å². The van der Waals surface area contributed by atoms with Crippen LogP contribution in [-0.4, -0.2) is 24.8 Å². The molecule has 0 fully saturated rings. The van der Waals surface area contributed by atoms with E-state index in [1.54, 1.807) is 6.20 Å². The molecule has 114 valence electrons. The van der Waals surface area contributed by atoms with Gasteiger partial charge in [-0.25, -0.2) is 17.8 Å². The summed E-state index contributed by atoms with van der Waals surface area (Å²) in [5.41, 5.74) is 5.54. The van der Waals surface area contributed by atoms with Crippen LogP contribution in [0.25, 0.3) is 0 Å². The quantitative estimate of drug-likeness (QED) is 0.873. The number of thiazole rings is 1. The molecule has 0 saturated carbocycles. The molecule has 2 rings (SSSR count). The Morgan fingerprint density at radius 3 is 2.57 bits per heavy atom. The molecular weight excluding hydrogens is 313 g/mol. The number of benzene rings is 1. The van der Waals surface area contributed by atoms with Gasteiger partial charge in [-0.05, 0) is 31.5 Å². The number of hydrogen-bond donors (Lipinski definition) is 1. The Hall–Kier alpha value is -1.51. The Morgan fingerprint density at radius 2 is 2.05 bits per heavy atom. The molecule has 0 aliphatic rings. The Morgan fingerprint density at radius 1 is 1.38 bits per heavy atom. The fourth-order valence-corrected chi connectivity index (χ4v) is 4.08. The molecule has 8 heteroatoms. The molecule has 0 aliphatic carbocycles. The number of nitrogens with two attached hydrogens (primary N) is 1. The molecule has 0 bridgehead atoms. The third-order valence-corrected chi connectivity index (χ3v) is 5.69. The van der Waals surface area contributed by atoms with E-state index in [9.17, 15) is 12.8 Å². The highest BCUT2D eigenvalue weighted by molar-refractivity contribution is 7.89. The predicted octanol–water partition coefficient (Wildman–Crippen LogP) is 2.30. The van der Waals surface area contributed by atoms with E-state index in [1.807, 2.05) is 6.92 Å². The maximum atomic E-state index is 13.5. The number of hydrogen-bond acceptors (Lipinski definition) is 5. The van der Waals surface area contributed by atoms with Crippen molar-refractivity contribution in [3.63, 3.8) is 0 Å². The van der Waals surface area contributed by atoms with Crippen molar-refractivity contribution in [1.29, 1.82) is 0 Å². The van der Waals surface area contributed by atoms with Crippen molar-refractivity contribution in [2.75, 3.05) is 12.8 Å². The van der Waals surface area contributed by atoms with Gasteiger partial charge in [0.1, 0.15) is 5.82 Å². The van der Waals surface area contributed by atoms with E-state index in [0.29, 0.717) is 0 Å². The summed E-state index contributed by atoms with van der Waals surface area (Å²) in [4.78, 5) is 4.92. The number of sulfonamides is 1. The lowest BCUT2D eigenvalue weighted by Gasteiger charge is -2.17. The molecule has 0 aliphatic heterocycles. The van der Waals surface area contributed by atoms with Crippen LogP contribution in [0.15, 0.2) is 23.2 Å². The largest absolute Gasteiger partial charge is 0.396 e. The van der Waals surface area contributed by atoms with Gasteiger partial charge in [-0.15, -0.1) is 11.3 Å². The van der Waals surface area contributed by atoms with Gasteiger partial charge in [0.15, 0.2) is 0 Å². The molecule has 0 spiro atoms. The van der Waals surface area contributed by atoms with E-state index < -0.39 is 15.8 Å². The summed E-state index contributed by atoms with van der Waals surface area (Å²) < 4.78 is 39.7. The van der Waals surface area contributed by atoms with Gasteiger partial charge in [0.2, 0.25) is 10.0 Å². The molecule has 2 aromatic rings. The van der Waals surface area contributed by atoms with Crippen molar-refractivity contribution in [3.8, 4) is 0 Å². The van der Waals surface area contributed by atoms with Gasteiger partial charge >= 0.3 is 0 Å². The molecule has 0 atom stereocenters. The SMILES string of the molecule is Cc1ncc(CN(C)S(=O)(=O)c2cc(C)c(F)c(N)c2)s1. The van der Waals surface area contributed by atoms with Gasteiger partial charge in [0, 0.05) is 24.7 Å². The van der Waals surface area contributed by atoms with Crippen LogP contribution in [0, 0.1) is 19.7 Å². The Kier molecular flexibility index (Phi) is 4.31. The Labute approximate surface area is 127 Å². The zero-order chi connectivity index (χ0) is 15.8. The van der Waals surface area contributed by atoms with E-state index >= 15 is 0 Å². The lowest BCUT2D eigenvalue weighted by Crippen LogP contribution is -2.26. The third-order valence-electron chi connectivity index (χ3n) is 3.01. The van der Waals surface area contributed by atoms with Crippen molar-refractivity contribution in [1.82, 2.24) is 9.29 Å². The van der Waals surface area contributed by atoms with Gasteiger partial charge in [0.25, 0.3) is 0 Å². The van der Waals surface area contributed by atoms with Crippen LogP contribution in [0.2, 0.25) is 0 Å². The summed E-state index contributed by atoms with van der Waals surface area (Å²) in [6, 6.07) is 2.43. The zero-order valence-corrected chi connectivity index (χ0v) is 13.6. The highest BCUT2D eigenvalue weighted by Gasteiger charge is 2.23. The van der Waals surface area contributed by atoms with E-state index in [4.69, 9.17) is 5.73 Å². The number of rotatable bonds is 4. The summed E-state index contributed by atoms with van der Waals surface area (Å²) in [7, 11) is -2.25. The van der Waals surface area contributed by atoms with Gasteiger partial charge in [-0.2, -0.15) is 4.31 Å². The van der Waals surface area contributed by atoms with Crippen molar-refractivity contribution in [2.45, 2.75) is 25.3 Å². The molecule has 21 heavy (non-hydrogen) atoms. The van der Waals surface area contributed by atoms with Gasteiger partial charge in [-0.1, -0.05) is 0 Å². The zero-order valence-electron chi connectivity index (χ0n) is 11.9. The number of anilines is 1. The molecule has 1 aromatic carbocycles. The monoisotopic (exact) mass is 329 g/mol. The smallest absolute Gasteiger partial charge is 0.243 e. The van der Waals surface area contributed by atoms with E-state index in [2.05, 4.69) is 4.98 Å². The Bertz CT molecular complexity index is 748. The van der Waals surface area contributed by atoms with Crippen molar-refractivity contribution in [2.24, 2.45) is 0 Å². The topological polar surface area (TPSA) is 76.3 Å². The number of aromatic nitrogens is 1. The van der Waals surface area contributed by atoms with Crippen LogP contribution >= 0.6 is 11.3 Å². The highest BCUT2D eigenvalue weighted by atomic mass is 32.2.